The molecule has 3 rings (SSSR count). The zero-order valence-electron chi connectivity index (χ0n) is 11.1. The Morgan fingerprint density at radius 1 is 1.33 bits per heavy atom. The maximum Gasteiger partial charge on any atom is 0.326 e. The Labute approximate surface area is 120 Å². The smallest absolute Gasteiger partial charge is 0.326 e. The van der Waals surface area contributed by atoms with Gasteiger partial charge < -0.3 is 20.4 Å². The standard InChI is InChI=1S/C14H14N2O5/c17-9-5-11(14(20)21)16(6-9)13(19)8-2-1-7-4-12(18)15-10(7)3-8/h1-3,9,11,17H,4-6H2,(H,15,18)(H,20,21)/t9?,11-/m0/s1. The number of aliphatic hydroxyl groups is 1. The first-order chi connectivity index (χ1) is 9.95. The number of amides is 2. The molecule has 0 aromatic heterocycles. The van der Waals surface area contributed by atoms with Crippen molar-refractivity contribution in [2.75, 3.05) is 11.9 Å². The number of carboxylic acids is 1. The van der Waals surface area contributed by atoms with Crippen molar-refractivity contribution in [1.29, 1.82) is 0 Å². The fraction of sp³-hybridized carbons (Fsp3) is 0.357. The molecule has 7 heteroatoms. The molecular formula is C14H14N2O5. The van der Waals surface area contributed by atoms with Gasteiger partial charge in [0.05, 0.1) is 12.5 Å². The minimum Gasteiger partial charge on any atom is -0.480 e. The second kappa shape index (κ2) is 4.85. The average molecular weight is 290 g/mol. The van der Waals surface area contributed by atoms with E-state index in [1.54, 1.807) is 18.2 Å². The lowest BCUT2D eigenvalue weighted by molar-refractivity contribution is -0.141. The van der Waals surface area contributed by atoms with E-state index in [1.807, 2.05) is 0 Å². The summed E-state index contributed by atoms with van der Waals surface area (Å²) in [4.78, 5) is 36.1. The molecule has 0 bridgehead atoms. The highest BCUT2D eigenvalue weighted by atomic mass is 16.4. The maximum atomic E-state index is 12.4. The molecule has 2 atom stereocenters. The number of aliphatic hydroxyl groups excluding tert-OH is 1. The third kappa shape index (κ3) is 2.36. The van der Waals surface area contributed by atoms with E-state index in [0.29, 0.717) is 11.3 Å². The van der Waals surface area contributed by atoms with E-state index < -0.39 is 24.0 Å². The van der Waals surface area contributed by atoms with Crippen LogP contribution >= 0.6 is 0 Å². The number of likely N-dealkylation sites (tertiary alicyclic amines) is 1. The molecule has 110 valence electrons. The normalized spacial score (nSPS) is 23.9. The highest BCUT2D eigenvalue weighted by molar-refractivity contribution is 6.03. The molecule has 2 amide bonds. The van der Waals surface area contributed by atoms with Gasteiger partial charge in [-0.05, 0) is 17.7 Å². The van der Waals surface area contributed by atoms with Crippen LogP contribution in [0.15, 0.2) is 18.2 Å². The zero-order valence-corrected chi connectivity index (χ0v) is 11.1. The van der Waals surface area contributed by atoms with Crippen LogP contribution < -0.4 is 5.32 Å². The molecule has 3 N–H and O–H groups in total. The summed E-state index contributed by atoms with van der Waals surface area (Å²) in [5.41, 5.74) is 1.70. The van der Waals surface area contributed by atoms with Gasteiger partial charge in [0.2, 0.25) is 5.91 Å². The van der Waals surface area contributed by atoms with Crippen molar-refractivity contribution in [1.82, 2.24) is 4.90 Å². The lowest BCUT2D eigenvalue weighted by Gasteiger charge is -2.21. The SMILES string of the molecule is O=C1Cc2ccc(C(=O)N3CC(O)C[C@H]3C(=O)O)cc2N1. The second-order valence-corrected chi connectivity index (χ2v) is 5.30. The summed E-state index contributed by atoms with van der Waals surface area (Å²) >= 11 is 0. The summed E-state index contributed by atoms with van der Waals surface area (Å²) in [5, 5.41) is 21.4. The summed E-state index contributed by atoms with van der Waals surface area (Å²) in [6, 6.07) is 3.79. The van der Waals surface area contributed by atoms with Crippen molar-refractivity contribution >= 4 is 23.5 Å². The number of carbonyl (C=O) groups is 3. The predicted octanol–water partition coefficient (Wildman–Crippen LogP) is -0.159. The van der Waals surface area contributed by atoms with Crippen LogP contribution in [0.2, 0.25) is 0 Å². The number of hydrogen-bond acceptors (Lipinski definition) is 4. The first-order valence-electron chi connectivity index (χ1n) is 6.60. The van der Waals surface area contributed by atoms with Crippen LogP contribution in [0, 0.1) is 0 Å². The molecule has 1 aromatic rings. The Bertz CT molecular complexity index is 642. The minimum absolute atomic E-state index is 0.000750. The van der Waals surface area contributed by atoms with Gasteiger partial charge in [-0.3, -0.25) is 9.59 Å². The molecule has 0 aliphatic carbocycles. The van der Waals surface area contributed by atoms with Crippen LogP contribution in [0.1, 0.15) is 22.3 Å². The first-order valence-corrected chi connectivity index (χ1v) is 6.60. The Morgan fingerprint density at radius 2 is 2.10 bits per heavy atom. The third-order valence-electron chi connectivity index (χ3n) is 3.81. The molecule has 1 fully saturated rings. The van der Waals surface area contributed by atoms with Gasteiger partial charge in [0, 0.05) is 24.2 Å². The van der Waals surface area contributed by atoms with Gasteiger partial charge in [-0.2, -0.15) is 0 Å². The maximum absolute atomic E-state index is 12.4. The molecule has 7 nitrogen and oxygen atoms in total. The minimum atomic E-state index is -1.13. The summed E-state index contributed by atoms with van der Waals surface area (Å²) in [7, 11) is 0. The van der Waals surface area contributed by atoms with E-state index >= 15 is 0 Å². The van der Waals surface area contributed by atoms with E-state index in [1.165, 1.54) is 0 Å². The van der Waals surface area contributed by atoms with E-state index in [0.717, 1.165) is 10.5 Å². The first kappa shape index (κ1) is 13.6. The topological polar surface area (TPSA) is 107 Å². The molecule has 0 saturated carbocycles. The largest absolute Gasteiger partial charge is 0.480 e. The summed E-state index contributed by atoms with van der Waals surface area (Å²) in [5.74, 6) is -1.72. The quantitative estimate of drug-likeness (QED) is 0.701. The molecule has 2 aliphatic rings. The van der Waals surface area contributed by atoms with Crippen molar-refractivity contribution in [2.24, 2.45) is 0 Å². The van der Waals surface area contributed by atoms with Crippen molar-refractivity contribution in [2.45, 2.75) is 25.0 Å². The molecular weight excluding hydrogens is 276 g/mol. The lowest BCUT2D eigenvalue weighted by Crippen LogP contribution is -2.40. The Balaban J connectivity index is 1.87. The zero-order chi connectivity index (χ0) is 15.1. The molecule has 1 saturated heterocycles. The molecule has 2 aliphatic heterocycles. The molecule has 1 unspecified atom stereocenters. The van der Waals surface area contributed by atoms with Gasteiger partial charge in [-0.15, -0.1) is 0 Å². The molecule has 0 spiro atoms. The van der Waals surface area contributed by atoms with Gasteiger partial charge >= 0.3 is 5.97 Å². The number of nitrogens with zero attached hydrogens (tertiary/aromatic N) is 1. The van der Waals surface area contributed by atoms with Gasteiger partial charge in [0.15, 0.2) is 0 Å². The molecule has 2 heterocycles. The van der Waals surface area contributed by atoms with Gasteiger partial charge in [0.25, 0.3) is 5.91 Å². The fourth-order valence-electron chi connectivity index (χ4n) is 2.79. The van der Waals surface area contributed by atoms with Crippen molar-refractivity contribution in [3.05, 3.63) is 29.3 Å². The summed E-state index contributed by atoms with van der Waals surface area (Å²) in [6.45, 7) is -0.000750. The number of rotatable bonds is 2. The third-order valence-corrected chi connectivity index (χ3v) is 3.81. The van der Waals surface area contributed by atoms with Crippen LogP contribution in [0.5, 0.6) is 0 Å². The van der Waals surface area contributed by atoms with E-state index in [4.69, 9.17) is 5.11 Å². The molecule has 1 aromatic carbocycles. The van der Waals surface area contributed by atoms with Crippen molar-refractivity contribution < 1.29 is 24.6 Å². The average Bonchev–Trinajstić information content (AvgIpc) is 2.98. The van der Waals surface area contributed by atoms with E-state index in [2.05, 4.69) is 5.32 Å². The van der Waals surface area contributed by atoms with Crippen LogP contribution in [0.25, 0.3) is 0 Å². The van der Waals surface area contributed by atoms with Crippen molar-refractivity contribution in [3.8, 4) is 0 Å². The van der Waals surface area contributed by atoms with Crippen LogP contribution in [-0.2, 0) is 16.0 Å². The highest BCUT2D eigenvalue weighted by Gasteiger charge is 2.39. The highest BCUT2D eigenvalue weighted by Crippen LogP contribution is 2.26. The van der Waals surface area contributed by atoms with E-state index in [-0.39, 0.29) is 25.3 Å². The Morgan fingerprint density at radius 3 is 2.81 bits per heavy atom. The molecule has 21 heavy (non-hydrogen) atoms. The van der Waals surface area contributed by atoms with Crippen LogP contribution in [-0.4, -0.2) is 51.6 Å². The lowest BCUT2D eigenvalue weighted by atomic mass is 10.1. The summed E-state index contributed by atoms with van der Waals surface area (Å²) < 4.78 is 0. The Kier molecular flexibility index (Phi) is 3.13. The fourth-order valence-corrected chi connectivity index (χ4v) is 2.79. The number of carboxylic acid groups (broad SMARTS) is 1. The van der Waals surface area contributed by atoms with E-state index in [9.17, 15) is 19.5 Å². The number of aliphatic carboxylic acids is 1. The summed E-state index contributed by atoms with van der Waals surface area (Å²) in [6.07, 6.45) is -0.517. The number of hydrogen-bond donors (Lipinski definition) is 3. The number of β-amino-alcohol motifs (C(OH)–C–C–N with tert-alkyl or cyclic N) is 1. The number of benzene rings is 1. The second-order valence-electron chi connectivity index (χ2n) is 5.30. The monoisotopic (exact) mass is 290 g/mol. The van der Waals surface area contributed by atoms with Crippen LogP contribution in [0.4, 0.5) is 5.69 Å². The predicted molar refractivity (Wildman–Crippen MR) is 71.9 cm³/mol. The number of nitrogens with one attached hydrogen (secondary N) is 1. The number of anilines is 1. The van der Waals surface area contributed by atoms with Crippen LogP contribution in [0.3, 0.4) is 0 Å². The number of fused-ring (bicyclic) bond motifs is 1. The van der Waals surface area contributed by atoms with Gasteiger partial charge in [-0.1, -0.05) is 6.07 Å². The van der Waals surface area contributed by atoms with Gasteiger partial charge in [-0.25, -0.2) is 4.79 Å². The van der Waals surface area contributed by atoms with Crippen molar-refractivity contribution in [3.63, 3.8) is 0 Å². The van der Waals surface area contributed by atoms with Gasteiger partial charge in [0.1, 0.15) is 6.04 Å². The molecule has 0 radical (unpaired) electrons. The Hall–Kier alpha value is -2.41. The number of carbonyl (C=O) groups excluding carboxylic acids is 2.